The van der Waals surface area contributed by atoms with Crippen molar-refractivity contribution >= 4 is 28.9 Å². The van der Waals surface area contributed by atoms with E-state index < -0.39 is 17.9 Å². The molecule has 0 radical (unpaired) electrons. The minimum absolute atomic E-state index is 0.0206. The lowest BCUT2D eigenvalue weighted by atomic mass is 10.0. The van der Waals surface area contributed by atoms with Gasteiger partial charge < -0.3 is 18.6 Å². The van der Waals surface area contributed by atoms with Crippen LogP contribution in [0.2, 0.25) is 0 Å². The topological polar surface area (TPSA) is 109 Å². The standard InChI is InChI=1S/C26H28O8/c1-15(2)24(28)31-10-7-8-18-12-20(34-26(30)17(5)6)13-21-22(27)19(14-33-23(18)21)9-11-32-25(29)16(3)4/h12-14H,1,3,5,7-11H2,2,4,6H3. The molecular formula is C26H28O8. The summed E-state index contributed by atoms with van der Waals surface area (Å²) in [7, 11) is 0. The van der Waals surface area contributed by atoms with Crippen LogP contribution in [0, 0.1) is 0 Å². The van der Waals surface area contributed by atoms with Crippen LogP contribution in [0.5, 0.6) is 5.75 Å². The van der Waals surface area contributed by atoms with Gasteiger partial charge in [-0.15, -0.1) is 0 Å². The number of aryl methyl sites for hydroxylation is 1. The van der Waals surface area contributed by atoms with E-state index in [0.717, 1.165) is 0 Å². The minimum Gasteiger partial charge on any atom is -0.463 e. The van der Waals surface area contributed by atoms with E-state index in [-0.39, 0.29) is 47.3 Å². The molecule has 180 valence electrons. The third-order valence-corrected chi connectivity index (χ3v) is 4.68. The van der Waals surface area contributed by atoms with Crippen LogP contribution in [0.15, 0.2) is 64.1 Å². The molecule has 0 fully saturated rings. The third kappa shape index (κ3) is 7.03. The Kier molecular flexibility index (Phi) is 9.12. The Morgan fingerprint density at radius 1 is 0.824 bits per heavy atom. The summed E-state index contributed by atoms with van der Waals surface area (Å²) in [4.78, 5) is 48.3. The van der Waals surface area contributed by atoms with Crippen LogP contribution < -0.4 is 10.2 Å². The Hall–Kier alpha value is -3.94. The molecule has 0 aliphatic heterocycles. The summed E-state index contributed by atoms with van der Waals surface area (Å²) < 4.78 is 21.3. The number of carbonyl (C=O) groups is 3. The first-order valence-electron chi connectivity index (χ1n) is 10.6. The van der Waals surface area contributed by atoms with E-state index in [0.29, 0.717) is 35.1 Å². The molecule has 0 aliphatic carbocycles. The fraction of sp³-hybridized carbons (Fsp3) is 0.308. The molecule has 1 aromatic heterocycles. The molecule has 0 saturated heterocycles. The molecule has 2 aromatic rings. The first-order chi connectivity index (χ1) is 16.0. The van der Waals surface area contributed by atoms with Crippen LogP contribution in [-0.4, -0.2) is 31.1 Å². The Balaban J connectivity index is 2.33. The van der Waals surface area contributed by atoms with Crippen molar-refractivity contribution in [3.63, 3.8) is 0 Å². The van der Waals surface area contributed by atoms with Crippen molar-refractivity contribution in [3.8, 4) is 5.75 Å². The highest BCUT2D eigenvalue weighted by atomic mass is 16.5. The van der Waals surface area contributed by atoms with Crippen molar-refractivity contribution < 1.29 is 33.0 Å². The van der Waals surface area contributed by atoms with Gasteiger partial charge >= 0.3 is 17.9 Å². The fourth-order valence-electron chi connectivity index (χ4n) is 2.86. The average molecular weight is 469 g/mol. The number of hydrogen-bond donors (Lipinski definition) is 0. The highest BCUT2D eigenvalue weighted by Gasteiger charge is 2.16. The third-order valence-electron chi connectivity index (χ3n) is 4.68. The van der Waals surface area contributed by atoms with Crippen LogP contribution in [-0.2, 0) is 36.7 Å². The van der Waals surface area contributed by atoms with Gasteiger partial charge in [0.1, 0.15) is 11.3 Å². The summed E-state index contributed by atoms with van der Waals surface area (Å²) >= 11 is 0. The normalized spacial score (nSPS) is 10.4. The molecule has 0 atom stereocenters. The zero-order valence-electron chi connectivity index (χ0n) is 19.7. The molecule has 8 heteroatoms. The number of carbonyl (C=O) groups excluding carboxylic acids is 3. The van der Waals surface area contributed by atoms with E-state index in [1.165, 1.54) is 26.2 Å². The van der Waals surface area contributed by atoms with Crippen LogP contribution in [0.25, 0.3) is 11.0 Å². The largest absolute Gasteiger partial charge is 0.463 e. The van der Waals surface area contributed by atoms with Crippen molar-refractivity contribution in [1.82, 2.24) is 0 Å². The predicted octanol–water partition coefficient (Wildman–Crippen LogP) is 3.99. The average Bonchev–Trinajstić information content (AvgIpc) is 2.77. The van der Waals surface area contributed by atoms with Gasteiger partial charge in [0.25, 0.3) is 0 Å². The van der Waals surface area contributed by atoms with Gasteiger partial charge in [-0.2, -0.15) is 0 Å². The zero-order chi connectivity index (χ0) is 25.4. The van der Waals surface area contributed by atoms with E-state index in [2.05, 4.69) is 19.7 Å². The summed E-state index contributed by atoms with van der Waals surface area (Å²) in [5.74, 6) is -1.51. The molecule has 1 aromatic carbocycles. The molecule has 0 saturated carbocycles. The second-order valence-electron chi connectivity index (χ2n) is 7.91. The Morgan fingerprint density at radius 2 is 1.41 bits per heavy atom. The highest BCUT2D eigenvalue weighted by molar-refractivity contribution is 5.90. The Morgan fingerprint density at radius 3 is 2.00 bits per heavy atom. The van der Waals surface area contributed by atoms with Gasteiger partial charge in [-0.3, -0.25) is 4.79 Å². The molecular weight excluding hydrogens is 440 g/mol. The molecule has 0 amide bonds. The lowest BCUT2D eigenvalue weighted by Gasteiger charge is -2.11. The lowest BCUT2D eigenvalue weighted by molar-refractivity contribution is -0.139. The lowest BCUT2D eigenvalue weighted by Crippen LogP contribution is -2.15. The number of ether oxygens (including phenoxy) is 3. The Labute approximate surface area is 197 Å². The maximum absolute atomic E-state index is 13.1. The van der Waals surface area contributed by atoms with Gasteiger partial charge in [0.05, 0.1) is 24.9 Å². The van der Waals surface area contributed by atoms with E-state index >= 15 is 0 Å². The monoisotopic (exact) mass is 468 g/mol. The van der Waals surface area contributed by atoms with Crippen molar-refractivity contribution in [2.24, 2.45) is 0 Å². The van der Waals surface area contributed by atoms with E-state index in [1.54, 1.807) is 13.0 Å². The summed E-state index contributed by atoms with van der Waals surface area (Å²) in [5, 5.41) is 0.213. The SMILES string of the molecule is C=C(C)C(=O)OCCCc1cc(OC(=O)C(=C)C)cc2c(=O)c(CCOC(=O)C(=C)C)coc12. The number of esters is 3. The molecule has 34 heavy (non-hydrogen) atoms. The number of fused-ring (bicyclic) bond motifs is 1. The first-order valence-corrected chi connectivity index (χ1v) is 10.6. The molecule has 0 spiro atoms. The maximum atomic E-state index is 13.1. The number of benzene rings is 1. The van der Waals surface area contributed by atoms with Gasteiger partial charge in [0.2, 0.25) is 0 Å². The molecule has 1 heterocycles. The molecule has 8 nitrogen and oxygen atoms in total. The van der Waals surface area contributed by atoms with E-state index in [4.69, 9.17) is 18.6 Å². The van der Waals surface area contributed by atoms with E-state index in [1.807, 2.05) is 0 Å². The number of hydrogen-bond acceptors (Lipinski definition) is 8. The summed E-state index contributed by atoms with van der Waals surface area (Å²) in [5.41, 5.74) is 1.65. The van der Waals surface area contributed by atoms with Crippen molar-refractivity contribution in [1.29, 1.82) is 0 Å². The molecule has 0 N–H and O–H groups in total. The zero-order valence-corrected chi connectivity index (χ0v) is 19.7. The van der Waals surface area contributed by atoms with E-state index in [9.17, 15) is 19.2 Å². The predicted molar refractivity (Wildman–Crippen MR) is 127 cm³/mol. The first kappa shape index (κ1) is 26.3. The highest BCUT2D eigenvalue weighted by Crippen LogP contribution is 2.26. The quantitative estimate of drug-likeness (QED) is 0.211. The number of rotatable bonds is 11. The molecule has 2 rings (SSSR count). The smallest absolute Gasteiger partial charge is 0.338 e. The van der Waals surface area contributed by atoms with Gasteiger partial charge in [-0.1, -0.05) is 19.7 Å². The van der Waals surface area contributed by atoms with Gasteiger partial charge in [-0.05, 0) is 51.3 Å². The van der Waals surface area contributed by atoms with Crippen molar-refractivity contribution in [3.05, 3.63) is 76.2 Å². The summed E-state index contributed by atoms with van der Waals surface area (Å²) in [6.45, 7) is 15.3. The van der Waals surface area contributed by atoms with Crippen LogP contribution >= 0.6 is 0 Å². The molecule has 0 unspecified atom stereocenters. The Bertz CT molecular complexity index is 1220. The second-order valence-corrected chi connectivity index (χ2v) is 7.91. The van der Waals surface area contributed by atoms with Gasteiger partial charge in [0, 0.05) is 28.7 Å². The van der Waals surface area contributed by atoms with Crippen molar-refractivity contribution in [2.45, 2.75) is 40.0 Å². The fourth-order valence-corrected chi connectivity index (χ4v) is 2.86. The second kappa shape index (κ2) is 11.8. The molecule has 0 aliphatic rings. The summed E-state index contributed by atoms with van der Waals surface area (Å²) in [6, 6.07) is 3.02. The molecule has 0 bridgehead atoms. The van der Waals surface area contributed by atoms with Crippen LogP contribution in [0.1, 0.15) is 38.3 Å². The van der Waals surface area contributed by atoms with Gasteiger partial charge in [0.15, 0.2) is 5.43 Å². The minimum atomic E-state index is -0.632. The summed E-state index contributed by atoms with van der Waals surface area (Å²) in [6.07, 6.45) is 2.29. The van der Waals surface area contributed by atoms with Gasteiger partial charge in [-0.25, -0.2) is 14.4 Å². The van der Waals surface area contributed by atoms with Crippen molar-refractivity contribution in [2.75, 3.05) is 13.2 Å². The van der Waals surface area contributed by atoms with Crippen LogP contribution in [0.4, 0.5) is 0 Å². The maximum Gasteiger partial charge on any atom is 0.338 e. The van der Waals surface area contributed by atoms with Crippen LogP contribution in [0.3, 0.4) is 0 Å².